The quantitative estimate of drug-likeness (QED) is 0.469. The minimum absolute atomic E-state index is 0.172. The minimum atomic E-state index is -1.12. The second-order valence-electron chi connectivity index (χ2n) is 4.16. The fraction of sp³-hybridized carbons (Fsp3) is 0.267. The van der Waals surface area contributed by atoms with Crippen LogP contribution < -0.4 is 0 Å². The van der Waals surface area contributed by atoms with Crippen LogP contribution in [0.15, 0.2) is 42.5 Å². The molecule has 1 aromatic carbocycles. The first-order chi connectivity index (χ1) is 9.45. The Labute approximate surface area is 117 Å². The number of hydrogen-bond donors (Lipinski definition) is 0. The number of carbonyl (C=O) groups excluding carboxylic acids is 3. The second-order valence-corrected chi connectivity index (χ2v) is 4.16. The molecule has 0 aliphatic heterocycles. The molecule has 0 saturated heterocycles. The van der Waals surface area contributed by atoms with Crippen molar-refractivity contribution in [2.45, 2.75) is 26.4 Å². The monoisotopic (exact) mass is 276 g/mol. The smallest absolute Gasteiger partial charge is 0.355 e. The van der Waals surface area contributed by atoms with Gasteiger partial charge in [0.2, 0.25) is 0 Å². The van der Waals surface area contributed by atoms with Gasteiger partial charge in [-0.05, 0) is 25.5 Å². The zero-order chi connectivity index (χ0) is 15.1. The van der Waals surface area contributed by atoms with Crippen LogP contribution in [0.1, 0.15) is 30.6 Å². The first-order valence-corrected chi connectivity index (χ1v) is 6.13. The van der Waals surface area contributed by atoms with Crippen LogP contribution in [0.5, 0.6) is 0 Å². The topological polar surface area (TPSA) is 69.7 Å². The fourth-order valence-electron chi connectivity index (χ4n) is 1.32. The highest BCUT2D eigenvalue weighted by Crippen LogP contribution is 2.08. The molecule has 20 heavy (non-hydrogen) atoms. The van der Waals surface area contributed by atoms with Crippen LogP contribution in [0.3, 0.4) is 0 Å². The molecule has 0 fully saturated rings. The summed E-state index contributed by atoms with van der Waals surface area (Å²) in [6.07, 6.45) is -0.910. The normalized spacial score (nSPS) is 11.3. The van der Waals surface area contributed by atoms with Crippen molar-refractivity contribution in [1.82, 2.24) is 0 Å². The number of carbonyl (C=O) groups is 3. The van der Waals surface area contributed by atoms with E-state index in [2.05, 4.69) is 11.3 Å². The number of esters is 3. The molecule has 5 heteroatoms. The van der Waals surface area contributed by atoms with Crippen LogP contribution in [0.2, 0.25) is 0 Å². The molecule has 0 amide bonds. The zero-order valence-electron chi connectivity index (χ0n) is 11.4. The van der Waals surface area contributed by atoms with Gasteiger partial charge in [0.05, 0.1) is 5.56 Å². The maximum Gasteiger partial charge on any atom is 0.355 e. The summed E-state index contributed by atoms with van der Waals surface area (Å²) in [5.74, 6) is -2.36. The van der Waals surface area contributed by atoms with E-state index in [0.717, 1.165) is 0 Å². The Bertz CT molecular complexity index is 518. The second kappa shape index (κ2) is 7.23. The van der Waals surface area contributed by atoms with E-state index in [1.165, 1.54) is 19.1 Å². The lowest BCUT2D eigenvalue weighted by Crippen LogP contribution is -2.30. The van der Waals surface area contributed by atoms with Gasteiger partial charge in [-0.25, -0.2) is 14.4 Å². The van der Waals surface area contributed by atoms with Crippen LogP contribution in [-0.2, 0) is 19.1 Å². The van der Waals surface area contributed by atoms with Crippen LogP contribution in [0.25, 0.3) is 0 Å². The van der Waals surface area contributed by atoms with E-state index in [1.54, 1.807) is 25.1 Å². The van der Waals surface area contributed by atoms with Gasteiger partial charge in [0.25, 0.3) is 0 Å². The van der Waals surface area contributed by atoms with Crippen LogP contribution in [0.4, 0.5) is 0 Å². The van der Waals surface area contributed by atoms with Gasteiger partial charge in [-0.15, -0.1) is 0 Å². The van der Waals surface area contributed by atoms with E-state index in [-0.39, 0.29) is 17.6 Å². The van der Waals surface area contributed by atoms with Gasteiger partial charge < -0.3 is 9.47 Å². The van der Waals surface area contributed by atoms with Crippen molar-refractivity contribution in [3.63, 3.8) is 0 Å². The highest BCUT2D eigenvalue weighted by molar-refractivity contribution is 5.98. The minimum Gasteiger partial charge on any atom is -0.447 e. The van der Waals surface area contributed by atoms with Crippen molar-refractivity contribution >= 4 is 17.9 Å². The summed E-state index contributed by atoms with van der Waals surface area (Å²) in [5, 5.41) is 0. The summed E-state index contributed by atoms with van der Waals surface area (Å²) in [4.78, 5) is 34.8. The number of benzene rings is 1. The molecule has 0 aromatic heterocycles. The Morgan fingerprint density at radius 1 is 1.20 bits per heavy atom. The molecule has 5 nitrogen and oxygen atoms in total. The molecule has 0 spiro atoms. The predicted octanol–water partition coefficient (Wildman–Crippen LogP) is 2.27. The average Bonchev–Trinajstić information content (AvgIpc) is 2.44. The zero-order valence-corrected chi connectivity index (χ0v) is 11.4. The molecule has 1 unspecified atom stereocenters. The van der Waals surface area contributed by atoms with Crippen molar-refractivity contribution in [3.8, 4) is 0 Å². The molecule has 0 radical (unpaired) electrons. The number of rotatable bonds is 5. The lowest BCUT2D eigenvalue weighted by atomic mass is 10.2. The standard InChI is InChI=1S/C15H16O5/c1-4-12(19-13(16)10(2)3)15(18)20-14(17)11-8-6-5-7-9-11/h5-9,12H,2,4H2,1,3H3. The van der Waals surface area contributed by atoms with E-state index in [4.69, 9.17) is 4.74 Å². The molecule has 1 atom stereocenters. The molecular weight excluding hydrogens is 260 g/mol. The number of ether oxygens (including phenoxy) is 2. The molecule has 0 bridgehead atoms. The summed E-state index contributed by atoms with van der Waals surface area (Å²) in [6.45, 7) is 6.53. The maximum absolute atomic E-state index is 11.8. The summed E-state index contributed by atoms with van der Waals surface area (Å²) >= 11 is 0. The molecule has 106 valence electrons. The Kier molecular flexibility index (Phi) is 5.65. The van der Waals surface area contributed by atoms with Crippen molar-refractivity contribution in [3.05, 3.63) is 48.0 Å². The number of hydrogen-bond acceptors (Lipinski definition) is 5. The molecular formula is C15H16O5. The van der Waals surface area contributed by atoms with Crippen molar-refractivity contribution < 1.29 is 23.9 Å². The van der Waals surface area contributed by atoms with Crippen LogP contribution >= 0.6 is 0 Å². The van der Waals surface area contributed by atoms with Gasteiger partial charge in [-0.1, -0.05) is 31.7 Å². The highest BCUT2D eigenvalue weighted by Gasteiger charge is 2.25. The third-order valence-corrected chi connectivity index (χ3v) is 2.43. The lowest BCUT2D eigenvalue weighted by molar-refractivity contribution is -0.161. The van der Waals surface area contributed by atoms with Crippen molar-refractivity contribution in [1.29, 1.82) is 0 Å². The Morgan fingerprint density at radius 3 is 2.30 bits per heavy atom. The first-order valence-electron chi connectivity index (χ1n) is 6.13. The van der Waals surface area contributed by atoms with Crippen LogP contribution in [0, 0.1) is 0 Å². The summed E-state index contributed by atoms with van der Waals surface area (Å²) in [5.41, 5.74) is 0.424. The van der Waals surface area contributed by atoms with Gasteiger partial charge in [0.15, 0.2) is 6.10 Å². The maximum atomic E-state index is 11.8. The lowest BCUT2D eigenvalue weighted by Gasteiger charge is -2.14. The summed E-state index contributed by atoms with van der Waals surface area (Å²) in [6, 6.07) is 8.09. The summed E-state index contributed by atoms with van der Waals surface area (Å²) in [7, 11) is 0. The molecule has 1 aromatic rings. The fourth-order valence-corrected chi connectivity index (χ4v) is 1.32. The predicted molar refractivity (Wildman–Crippen MR) is 71.8 cm³/mol. The molecule has 0 aliphatic rings. The van der Waals surface area contributed by atoms with E-state index >= 15 is 0 Å². The molecule has 0 saturated carbocycles. The van der Waals surface area contributed by atoms with Gasteiger partial charge in [-0.3, -0.25) is 0 Å². The van der Waals surface area contributed by atoms with Gasteiger partial charge in [0.1, 0.15) is 0 Å². The largest absolute Gasteiger partial charge is 0.447 e. The van der Waals surface area contributed by atoms with E-state index < -0.39 is 24.0 Å². The average molecular weight is 276 g/mol. The Morgan fingerprint density at radius 2 is 1.80 bits per heavy atom. The molecule has 1 rings (SSSR count). The van der Waals surface area contributed by atoms with Crippen LogP contribution in [-0.4, -0.2) is 24.0 Å². The Balaban J connectivity index is 2.66. The van der Waals surface area contributed by atoms with E-state index in [9.17, 15) is 14.4 Å². The summed E-state index contributed by atoms with van der Waals surface area (Å²) < 4.78 is 9.58. The van der Waals surface area contributed by atoms with Crippen molar-refractivity contribution in [2.75, 3.05) is 0 Å². The van der Waals surface area contributed by atoms with Gasteiger partial charge in [-0.2, -0.15) is 0 Å². The SMILES string of the molecule is C=C(C)C(=O)OC(CC)C(=O)OC(=O)c1ccccc1. The first kappa shape index (κ1) is 15.6. The molecule has 0 heterocycles. The van der Waals surface area contributed by atoms with Gasteiger partial charge >= 0.3 is 17.9 Å². The Hall–Kier alpha value is -2.43. The van der Waals surface area contributed by atoms with Crippen molar-refractivity contribution in [2.24, 2.45) is 0 Å². The van der Waals surface area contributed by atoms with E-state index in [0.29, 0.717) is 0 Å². The van der Waals surface area contributed by atoms with Gasteiger partial charge in [0, 0.05) is 5.57 Å². The third kappa shape index (κ3) is 4.35. The van der Waals surface area contributed by atoms with E-state index in [1.807, 2.05) is 0 Å². The molecule has 0 N–H and O–H groups in total. The highest BCUT2D eigenvalue weighted by atomic mass is 16.6. The molecule has 0 aliphatic carbocycles. The third-order valence-electron chi connectivity index (χ3n) is 2.43.